The molecule has 14 heteroatoms. The molecule has 1 aliphatic heterocycles. The Labute approximate surface area is 273 Å². The molecule has 0 unspecified atom stereocenters. The van der Waals surface area contributed by atoms with Gasteiger partial charge in [-0.25, -0.2) is 14.8 Å². The summed E-state index contributed by atoms with van der Waals surface area (Å²) < 4.78 is 7.02. The number of hydrogen-bond acceptors (Lipinski definition) is 9. The first kappa shape index (κ1) is 33.1. The Morgan fingerprint density at radius 2 is 1.93 bits per heavy atom. The van der Waals surface area contributed by atoms with Gasteiger partial charge in [0.2, 0.25) is 0 Å². The van der Waals surface area contributed by atoms with Gasteiger partial charge in [-0.05, 0) is 69.8 Å². The monoisotopic (exact) mass is 673 g/mol. The van der Waals surface area contributed by atoms with Crippen molar-refractivity contribution in [3.8, 4) is 10.7 Å². The molecule has 1 spiro atoms. The van der Waals surface area contributed by atoms with Gasteiger partial charge >= 0.3 is 6.09 Å². The largest absolute Gasteiger partial charge is 0.444 e. The number of aromatic nitrogens is 3. The molecular weight excluding hydrogens is 633 g/mol. The van der Waals surface area contributed by atoms with Gasteiger partial charge in [0.15, 0.2) is 0 Å². The van der Waals surface area contributed by atoms with Crippen molar-refractivity contribution in [1.82, 2.24) is 30.5 Å². The fourth-order valence-corrected chi connectivity index (χ4v) is 7.65. The molecule has 0 bridgehead atoms. The number of rotatable bonds is 12. The summed E-state index contributed by atoms with van der Waals surface area (Å²) in [6, 6.07) is 1.34. The predicted octanol–water partition coefficient (Wildman–Crippen LogP) is 4.05. The molecule has 3 N–H and O–H groups in total. The molecule has 1 aliphatic carbocycles. The molecule has 242 valence electrons. The Bertz CT molecular complexity index is 1650. The third kappa shape index (κ3) is 7.95. The summed E-state index contributed by atoms with van der Waals surface area (Å²) in [4.78, 5) is 61.0. The van der Waals surface area contributed by atoms with Crippen LogP contribution in [-0.4, -0.2) is 68.9 Å². The molecule has 2 aliphatic rings. The molecule has 0 radical (unpaired) electrons. The van der Waals surface area contributed by atoms with Crippen LogP contribution < -0.4 is 21.5 Å². The van der Waals surface area contributed by atoms with Crippen molar-refractivity contribution in [3.63, 3.8) is 0 Å². The van der Waals surface area contributed by atoms with Gasteiger partial charge in [0, 0.05) is 41.5 Å². The molecule has 1 saturated carbocycles. The zero-order valence-electron chi connectivity index (χ0n) is 26.6. The van der Waals surface area contributed by atoms with E-state index in [1.807, 2.05) is 12.3 Å². The highest BCUT2D eigenvalue weighted by molar-refractivity contribution is 7.95. The number of pyridine rings is 1. The minimum absolute atomic E-state index is 0.169. The SMILES string of the molecule is C[C@@H](CCc1c2c(cc(=O)n1Cc1nc(-c3nc(C(=O)NCCC[S+](C)C)cs3)cs1)C1(CC1)NC2=O)NC(=O)OC(C)(C)C. The second-order valence-corrected chi connectivity index (χ2v) is 17.1. The smallest absolute Gasteiger partial charge is 0.407 e. The summed E-state index contributed by atoms with van der Waals surface area (Å²) in [6.07, 6.45) is 7.32. The van der Waals surface area contributed by atoms with Gasteiger partial charge in [-0.3, -0.25) is 14.4 Å². The number of carbonyl (C=O) groups is 3. The first-order valence-corrected chi connectivity index (χ1v) is 19.0. The van der Waals surface area contributed by atoms with Crippen LogP contribution in [0.5, 0.6) is 0 Å². The summed E-state index contributed by atoms with van der Waals surface area (Å²) in [5, 5.41) is 13.8. The number of thiazole rings is 2. The lowest BCUT2D eigenvalue weighted by molar-refractivity contribution is 0.0505. The minimum Gasteiger partial charge on any atom is -0.444 e. The maximum atomic E-state index is 13.6. The molecule has 4 heterocycles. The van der Waals surface area contributed by atoms with E-state index in [1.165, 1.54) is 22.7 Å². The van der Waals surface area contributed by atoms with Crippen molar-refractivity contribution in [2.45, 2.75) is 83.5 Å². The third-order valence-electron chi connectivity index (χ3n) is 7.66. The Kier molecular flexibility index (Phi) is 9.76. The van der Waals surface area contributed by atoms with Gasteiger partial charge in [0.1, 0.15) is 32.8 Å². The maximum Gasteiger partial charge on any atom is 0.407 e. The first-order valence-electron chi connectivity index (χ1n) is 15.1. The summed E-state index contributed by atoms with van der Waals surface area (Å²) in [5.74, 6) is 0.709. The average Bonchev–Trinajstić information content (AvgIpc) is 3.25. The molecule has 5 rings (SSSR count). The lowest BCUT2D eigenvalue weighted by atomic mass is 9.98. The number of ether oxygens (including phenoxy) is 1. The zero-order chi connectivity index (χ0) is 32.5. The molecule has 1 fully saturated rings. The van der Waals surface area contributed by atoms with E-state index < -0.39 is 17.2 Å². The van der Waals surface area contributed by atoms with Crippen LogP contribution in [0.1, 0.15) is 90.5 Å². The van der Waals surface area contributed by atoms with Crippen molar-refractivity contribution < 1.29 is 19.1 Å². The van der Waals surface area contributed by atoms with E-state index in [4.69, 9.17) is 9.72 Å². The summed E-state index contributed by atoms with van der Waals surface area (Å²) >= 11 is 2.75. The molecule has 3 aromatic heterocycles. The Morgan fingerprint density at radius 3 is 2.62 bits per heavy atom. The fraction of sp³-hybridized carbons (Fsp3) is 0.548. The third-order valence-corrected chi connectivity index (χ3v) is 10.5. The highest BCUT2D eigenvalue weighted by atomic mass is 32.2. The van der Waals surface area contributed by atoms with Crippen molar-refractivity contribution in [1.29, 1.82) is 0 Å². The Morgan fingerprint density at radius 1 is 1.18 bits per heavy atom. The number of amides is 3. The van der Waals surface area contributed by atoms with Gasteiger partial charge in [-0.1, -0.05) is 0 Å². The van der Waals surface area contributed by atoms with Gasteiger partial charge in [0.25, 0.3) is 17.4 Å². The topological polar surface area (TPSA) is 144 Å². The zero-order valence-corrected chi connectivity index (χ0v) is 29.0. The van der Waals surface area contributed by atoms with Crippen LogP contribution in [0.3, 0.4) is 0 Å². The summed E-state index contributed by atoms with van der Waals surface area (Å²) in [5.41, 5.74) is 1.73. The molecule has 3 aromatic rings. The van der Waals surface area contributed by atoms with E-state index in [2.05, 4.69) is 33.4 Å². The van der Waals surface area contributed by atoms with E-state index in [9.17, 15) is 19.2 Å². The van der Waals surface area contributed by atoms with Crippen LogP contribution in [0.15, 0.2) is 21.6 Å². The summed E-state index contributed by atoms with van der Waals surface area (Å²) in [7, 11) is 0.344. The number of fused-ring (bicyclic) bond motifs is 2. The van der Waals surface area contributed by atoms with Gasteiger partial charge < -0.3 is 25.3 Å². The quantitative estimate of drug-likeness (QED) is 0.194. The van der Waals surface area contributed by atoms with Gasteiger partial charge in [0.05, 0.1) is 30.2 Å². The van der Waals surface area contributed by atoms with Crippen LogP contribution in [-0.2, 0) is 34.1 Å². The standard InChI is InChI=1S/C31H40N6O5S3/c1-18(33-29(41)42-30(2,3)4)8-9-22-25-19(31(10-11-31)36-27(25)40)14-24(38)37(22)15-23-34-21(17-43-23)28-35-20(16-44-28)26(39)32-12-7-13-45(5)6/h14,16-18H,7-13,15H2,1-6H3,(H2-,32,33,36,39,40,41)/p+1/t18-/m0/s1. The lowest BCUT2D eigenvalue weighted by Crippen LogP contribution is -2.38. The highest BCUT2D eigenvalue weighted by Crippen LogP contribution is 2.50. The first-order chi connectivity index (χ1) is 21.2. The van der Waals surface area contributed by atoms with Crippen molar-refractivity contribution in [3.05, 3.63) is 54.7 Å². The number of nitrogens with one attached hydrogen (secondary N) is 3. The summed E-state index contributed by atoms with van der Waals surface area (Å²) in [6.45, 7) is 8.10. The van der Waals surface area contributed by atoms with E-state index >= 15 is 0 Å². The molecule has 1 atom stereocenters. The van der Waals surface area contributed by atoms with E-state index in [0.29, 0.717) is 62.9 Å². The van der Waals surface area contributed by atoms with E-state index in [-0.39, 0.29) is 30.0 Å². The van der Waals surface area contributed by atoms with Crippen LogP contribution in [0.4, 0.5) is 4.79 Å². The molecule has 0 aromatic carbocycles. The number of carbonyl (C=O) groups excluding carboxylic acids is 3. The van der Waals surface area contributed by atoms with Gasteiger partial charge in [-0.2, -0.15) is 0 Å². The van der Waals surface area contributed by atoms with E-state index in [1.54, 1.807) is 36.8 Å². The number of nitrogens with zero attached hydrogens (tertiary/aromatic N) is 3. The number of hydrogen-bond donors (Lipinski definition) is 3. The van der Waals surface area contributed by atoms with Crippen LogP contribution in [0, 0.1) is 0 Å². The van der Waals surface area contributed by atoms with Crippen molar-refractivity contribution in [2.24, 2.45) is 0 Å². The predicted molar refractivity (Wildman–Crippen MR) is 180 cm³/mol. The second kappa shape index (κ2) is 13.2. The van der Waals surface area contributed by atoms with E-state index in [0.717, 1.165) is 30.6 Å². The molecule has 45 heavy (non-hydrogen) atoms. The maximum absolute atomic E-state index is 13.6. The van der Waals surface area contributed by atoms with Gasteiger partial charge in [-0.15, -0.1) is 22.7 Å². The minimum atomic E-state index is -0.617. The lowest BCUT2D eigenvalue weighted by Gasteiger charge is -2.22. The number of alkyl carbamates (subject to hydrolysis) is 1. The molecule has 11 nitrogen and oxygen atoms in total. The van der Waals surface area contributed by atoms with Crippen LogP contribution in [0.2, 0.25) is 0 Å². The van der Waals surface area contributed by atoms with Crippen molar-refractivity contribution in [2.75, 3.05) is 24.8 Å². The highest BCUT2D eigenvalue weighted by Gasteiger charge is 2.53. The molecule has 3 amide bonds. The second-order valence-electron chi connectivity index (χ2n) is 12.9. The molecular formula is C31H41N6O5S3+. The van der Waals surface area contributed by atoms with Crippen LogP contribution >= 0.6 is 22.7 Å². The Hall–Kier alpha value is -3.23. The van der Waals surface area contributed by atoms with Crippen molar-refractivity contribution >= 4 is 51.5 Å². The van der Waals surface area contributed by atoms with Crippen LogP contribution in [0.25, 0.3) is 10.7 Å². The Balaban J connectivity index is 1.33. The fourth-order valence-electron chi connectivity index (χ4n) is 5.33. The average molecular weight is 674 g/mol. The normalized spacial score (nSPS) is 15.6. The molecule has 0 saturated heterocycles.